The van der Waals surface area contributed by atoms with Crippen LogP contribution in [0.1, 0.15) is 59.3 Å². The van der Waals surface area contributed by atoms with Crippen LogP contribution in [0.25, 0.3) is 0 Å². The number of nitrogens with zero attached hydrogens (tertiary/aromatic N) is 1. The van der Waals surface area contributed by atoms with Crippen LogP contribution in [-0.4, -0.2) is 51.7 Å². The number of amides is 1. The molecule has 6 heteroatoms. The van der Waals surface area contributed by atoms with Crippen LogP contribution in [0.5, 0.6) is 0 Å². The molecule has 0 spiro atoms. The van der Waals surface area contributed by atoms with Crippen molar-refractivity contribution < 1.29 is 19.8 Å². The van der Waals surface area contributed by atoms with Crippen LogP contribution in [-0.2, 0) is 9.59 Å². The van der Waals surface area contributed by atoms with Gasteiger partial charge in [0.2, 0.25) is 5.91 Å². The number of carboxylic acids is 1. The van der Waals surface area contributed by atoms with E-state index in [2.05, 4.69) is 11.9 Å². The van der Waals surface area contributed by atoms with Crippen molar-refractivity contribution in [3.05, 3.63) is 12.3 Å². The highest BCUT2D eigenvalue weighted by atomic mass is 16.4. The number of β-amino-alcohol motifs (C(OH)–C–C–N with tert-alkyl or cyclic N) is 1. The summed E-state index contributed by atoms with van der Waals surface area (Å²) in [6, 6.07) is -1.52. The van der Waals surface area contributed by atoms with E-state index >= 15 is 0 Å². The molecule has 1 amide bonds. The minimum atomic E-state index is -1.07. The zero-order chi connectivity index (χ0) is 18.8. The first-order valence-corrected chi connectivity index (χ1v) is 9.25. The van der Waals surface area contributed by atoms with Gasteiger partial charge in [0.1, 0.15) is 12.1 Å². The van der Waals surface area contributed by atoms with E-state index in [4.69, 9.17) is 0 Å². The zero-order valence-electron chi connectivity index (χ0n) is 15.6. The highest BCUT2D eigenvalue weighted by molar-refractivity contribution is 5.88. The van der Waals surface area contributed by atoms with E-state index in [0.29, 0.717) is 5.92 Å². The summed E-state index contributed by atoms with van der Waals surface area (Å²) in [4.78, 5) is 25.8. The highest BCUT2D eigenvalue weighted by Crippen LogP contribution is 2.31. The Hall–Kier alpha value is -1.56. The molecule has 0 aromatic rings. The molecule has 2 fully saturated rings. The minimum absolute atomic E-state index is 0.0686. The van der Waals surface area contributed by atoms with Crippen molar-refractivity contribution >= 4 is 11.9 Å². The van der Waals surface area contributed by atoms with E-state index in [9.17, 15) is 19.8 Å². The van der Waals surface area contributed by atoms with Crippen LogP contribution in [0.3, 0.4) is 0 Å². The molecule has 0 bridgehead atoms. The van der Waals surface area contributed by atoms with E-state index in [0.717, 1.165) is 12.1 Å². The molecule has 3 N–H and O–H groups in total. The molecule has 0 aromatic heterocycles. The van der Waals surface area contributed by atoms with E-state index in [1.54, 1.807) is 0 Å². The van der Waals surface area contributed by atoms with Crippen molar-refractivity contribution in [1.29, 1.82) is 0 Å². The number of carbonyl (C=O) groups is 2. The van der Waals surface area contributed by atoms with Crippen molar-refractivity contribution in [2.75, 3.05) is 6.54 Å². The normalized spacial score (nSPS) is 25.8. The standard InChI is InChI=1S/C19H32N2O4/c1-12(9-13-7-5-6-8-13)20-16(19(2,3)4)17(23)21-11-14(22)10-15(21)18(24)25/h13-16,20,22H,1,5-11H2,2-4H3,(H,24,25)/t14-,15-,16+/m0/s1. The van der Waals surface area contributed by atoms with Gasteiger partial charge in [-0.15, -0.1) is 0 Å². The molecule has 1 heterocycles. The molecule has 0 radical (unpaired) electrons. The summed E-state index contributed by atoms with van der Waals surface area (Å²) in [6.45, 7) is 10.0. The van der Waals surface area contributed by atoms with Gasteiger partial charge in [0.15, 0.2) is 0 Å². The molecule has 1 aliphatic heterocycles. The molecule has 6 nitrogen and oxygen atoms in total. The summed E-state index contributed by atoms with van der Waals surface area (Å²) >= 11 is 0. The lowest BCUT2D eigenvalue weighted by molar-refractivity contribution is -0.150. The molecule has 1 saturated carbocycles. The van der Waals surface area contributed by atoms with Crippen LogP contribution in [0.2, 0.25) is 0 Å². The first-order chi connectivity index (χ1) is 11.6. The predicted octanol–water partition coefficient (Wildman–Crippen LogP) is 2.13. The molecule has 3 atom stereocenters. The Morgan fingerprint density at radius 1 is 1.28 bits per heavy atom. The van der Waals surface area contributed by atoms with Crippen LogP contribution in [0.4, 0.5) is 0 Å². The quantitative estimate of drug-likeness (QED) is 0.681. The lowest BCUT2D eigenvalue weighted by Gasteiger charge is -2.36. The van der Waals surface area contributed by atoms with Gasteiger partial charge in [-0.05, 0) is 17.8 Å². The molecule has 0 aromatic carbocycles. The van der Waals surface area contributed by atoms with E-state index in [-0.39, 0.29) is 18.9 Å². The molecule has 0 unspecified atom stereocenters. The fourth-order valence-electron chi connectivity index (χ4n) is 3.93. The maximum Gasteiger partial charge on any atom is 0.326 e. The zero-order valence-corrected chi connectivity index (χ0v) is 15.6. The Bertz CT molecular complexity index is 520. The number of hydrogen-bond acceptors (Lipinski definition) is 4. The lowest BCUT2D eigenvalue weighted by atomic mass is 9.85. The second kappa shape index (κ2) is 7.77. The SMILES string of the molecule is C=C(CC1CCCC1)N[C@H](C(=O)N1C[C@@H](O)C[C@H]1C(=O)O)C(C)(C)C. The van der Waals surface area contributed by atoms with Crippen LogP contribution in [0, 0.1) is 11.3 Å². The number of nitrogens with one attached hydrogen (secondary N) is 1. The van der Waals surface area contributed by atoms with E-state index in [1.165, 1.54) is 30.6 Å². The third kappa shape index (κ3) is 4.97. The summed E-state index contributed by atoms with van der Waals surface area (Å²) in [7, 11) is 0. The molecule has 142 valence electrons. The van der Waals surface area contributed by atoms with Crippen LogP contribution >= 0.6 is 0 Å². The average Bonchev–Trinajstić information content (AvgIpc) is 3.12. The van der Waals surface area contributed by atoms with Crippen molar-refractivity contribution in [3.63, 3.8) is 0 Å². The second-order valence-electron chi connectivity index (χ2n) is 8.64. The Kier molecular flexibility index (Phi) is 6.14. The van der Waals surface area contributed by atoms with Gasteiger partial charge in [0, 0.05) is 18.7 Å². The first-order valence-electron chi connectivity index (χ1n) is 9.25. The van der Waals surface area contributed by atoms with Crippen molar-refractivity contribution in [3.8, 4) is 0 Å². The van der Waals surface area contributed by atoms with E-state index < -0.39 is 29.6 Å². The monoisotopic (exact) mass is 352 g/mol. The topological polar surface area (TPSA) is 89.9 Å². The van der Waals surface area contributed by atoms with Gasteiger partial charge in [-0.25, -0.2) is 4.79 Å². The molecule has 25 heavy (non-hydrogen) atoms. The number of likely N-dealkylation sites (tertiary alicyclic amines) is 1. The van der Waals surface area contributed by atoms with Crippen LogP contribution < -0.4 is 5.32 Å². The first kappa shape index (κ1) is 19.8. The van der Waals surface area contributed by atoms with Gasteiger partial charge in [0.25, 0.3) is 0 Å². The number of allylic oxidation sites excluding steroid dienone is 1. The summed E-state index contributed by atoms with van der Waals surface area (Å²) in [5.41, 5.74) is 0.443. The maximum absolute atomic E-state index is 13.1. The number of aliphatic hydroxyl groups excluding tert-OH is 1. The van der Waals surface area contributed by atoms with Crippen LogP contribution in [0.15, 0.2) is 12.3 Å². The fourth-order valence-corrected chi connectivity index (χ4v) is 3.93. The lowest BCUT2D eigenvalue weighted by Crippen LogP contribution is -2.55. The van der Waals surface area contributed by atoms with Gasteiger partial charge in [-0.1, -0.05) is 53.0 Å². The average molecular weight is 352 g/mol. The van der Waals surface area contributed by atoms with Gasteiger partial charge < -0.3 is 20.4 Å². The molecule has 1 saturated heterocycles. The van der Waals surface area contributed by atoms with Crippen molar-refractivity contribution in [2.45, 2.75) is 77.5 Å². The number of carbonyl (C=O) groups excluding carboxylic acids is 1. The molecule has 2 rings (SSSR count). The Morgan fingerprint density at radius 3 is 2.40 bits per heavy atom. The molecule has 1 aliphatic carbocycles. The Balaban J connectivity index is 2.09. The summed E-state index contributed by atoms with van der Waals surface area (Å²) < 4.78 is 0. The van der Waals surface area contributed by atoms with Gasteiger partial charge in [-0.3, -0.25) is 4.79 Å². The highest BCUT2D eigenvalue weighted by Gasteiger charge is 2.44. The molecule has 2 aliphatic rings. The van der Waals surface area contributed by atoms with Gasteiger partial charge >= 0.3 is 5.97 Å². The largest absolute Gasteiger partial charge is 0.480 e. The second-order valence-corrected chi connectivity index (χ2v) is 8.64. The summed E-state index contributed by atoms with van der Waals surface area (Å²) in [5.74, 6) is -0.720. The van der Waals surface area contributed by atoms with Crippen molar-refractivity contribution in [1.82, 2.24) is 10.2 Å². The number of hydrogen-bond donors (Lipinski definition) is 3. The van der Waals surface area contributed by atoms with Gasteiger partial charge in [0.05, 0.1) is 6.10 Å². The minimum Gasteiger partial charge on any atom is -0.480 e. The Labute approximate surface area is 150 Å². The molecular formula is C19H32N2O4. The molecular weight excluding hydrogens is 320 g/mol. The number of aliphatic hydroxyl groups is 1. The number of aliphatic carboxylic acids is 1. The van der Waals surface area contributed by atoms with E-state index in [1.807, 2.05) is 20.8 Å². The van der Waals surface area contributed by atoms with Crippen molar-refractivity contribution in [2.24, 2.45) is 11.3 Å². The predicted molar refractivity (Wildman–Crippen MR) is 95.9 cm³/mol. The summed E-state index contributed by atoms with van der Waals surface area (Å²) in [5, 5.41) is 22.5. The summed E-state index contributed by atoms with van der Waals surface area (Å²) in [6.07, 6.45) is 5.07. The maximum atomic E-state index is 13.1. The number of carboxylic acid groups (broad SMARTS) is 1. The third-order valence-electron chi connectivity index (χ3n) is 5.32. The smallest absolute Gasteiger partial charge is 0.326 e. The third-order valence-corrected chi connectivity index (χ3v) is 5.32. The van der Waals surface area contributed by atoms with Gasteiger partial charge in [-0.2, -0.15) is 0 Å². The Morgan fingerprint density at radius 2 is 1.88 bits per heavy atom. The number of rotatable bonds is 6. The fraction of sp³-hybridized carbons (Fsp3) is 0.789.